The Kier molecular flexibility index (Phi) is 8.83. The molecule has 42 heavy (non-hydrogen) atoms. The van der Waals surface area contributed by atoms with Crippen LogP contribution in [-0.4, -0.2) is 36.2 Å². The summed E-state index contributed by atoms with van der Waals surface area (Å²) in [5.74, 6) is 6.05. The highest BCUT2D eigenvalue weighted by Crippen LogP contribution is 2.23. The minimum absolute atomic E-state index is 0.0314. The lowest BCUT2D eigenvalue weighted by molar-refractivity contribution is 0.100. The first-order valence-corrected chi connectivity index (χ1v) is 13.2. The van der Waals surface area contributed by atoms with E-state index in [9.17, 15) is 9.59 Å². The van der Waals surface area contributed by atoms with E-state index < -0.39 is 5.91 Å². The lowest BCUT2D eigenvalue weighted by Crippen LogP contribution is -2.22. The second-order valence-electron chi connectivity index (χ2n) is 9.48. The number of benzene rings is 2. The molecule has 0 aliphatic carbocycles. The van der Waals surface area contributed by atoms with Crippen LogP contribution >= 0.6 is 0 Å². The average Bonchev–Trinajstić information content (AvgIpc) is 3.51. The molecule has 3 aromatic heterocycles. The van der Waals surface area contributed by atoms with E-state index in [0.29, 0.717) is 11.2 Å². The fraction of sp³-hybridized carbons (Fsp3) is 0.156. The number of anilines is 1. The highest BCUT2D eigenvalue weighted by molar-refractivity contribution is 6.02. The minimum atomic E-state index is -0.646. The second kappa shape index (κ2) is 12.7. The first-order valence-electron chi connectivity index (χ1n) is 13.2. The molecule has 0 saturated heterocycles. The van der Waals surface area contributed by atoms with Crippen LogP contribution in [0.3, 0.4) is 0 Å². The number of rotatable bonds is 5. The molecule has 0 atom stereocenters. The predicted octanol–water partition coefficient (Wildman–Crippen LogP) is 3.98. The maximum atomic E-state index is 13.5. The summed E-state index contributed by atoms with van der Waals surface area (Å²) in [6.07, 6.45) is 7.26. The monoisotopic (exact) mass is 560 g/mol. The van der Waals surface area contributed by atoms with Crippen molar-refractivity contribution in [2.24, 2.45) is 24.8 Å². The van der Waals surface area contributed by atoms with E-state index in [4.69, 9.17) is 11.5 Å². The molecule has 5 aromatic rings. The third-order valence-corrected chi connectivity index (χ3v) is 6.38. The van der Waals surface area contributed by atoms with Crippen LogP contribution in [-0.2, 0) is 20.5 Å². The third kappa shape index (κ3) is 6.21. The normalized spacial score (nSPS) is 10.7. The van der Waals surface area contributed by atoms with Crippen molar-refractivity contribution in [1.82, 2.24) is 24.1 Å². The van der Waals surface area contributed by atoms with Crippen LogP contribution < -0.4 is 17.0 Å². The van der Waals surface area contributed by atoms with Gasteiger partial charge in [0.25, 0.3) is 11.5 Å². The van der Waals surface area contributed by atoms with Gasteiger partial charge in [-0.05, 0) is 48.6 Å². The summed E-state index contributed by atoms with van der Waals surface area (Å²) < 4.78 is 4.91. The number of carbonyl (C=O) groups excluding carboxylic acids is 1. The van der Waals surface area contributed by atoms with Gasteiger partial charge in [0.15, 0.2) is 11.6 Å². The van der Waals surface area contributed by atoms with Gasteiger partial charge in [-0.25, -0.2) is 9.67 Å². The lowest BCUT2D eigenvalue weighted by atomic mass is 10.0. The number of allylic oxidation sites excluding steroid dienone is 1. The molecule has 212 valence electrons. The molecule has 0 radical (unpaired) electrons. The molecule has 1 amide bonds. The summed E-state index contributed by atoms with van der Waals surface area (Å²) in [7, 11) is 3.48. The van der Waals surface area contributed by atoms with Crippen LogP contribution in [0, 0.1) is 18.8 Å². The van der Waals surface area contributed by atoms with Gasteiger partial charge in [0.1, 0.15) is 5.56 Å². The van der Waals surface area contributed by atoms with Gasteiger partial charge in [-0.1, -0.05) is 55.7 Å². The Bertz CT molecular complexity index is 1950. The molecule has 10 heteroatoms. The Morgan fingerprint density at radius 3 is 2.55 bits per heavy atom. The number of aromatic nitrogens is 5. The van der Waals surface area contributed by atoms with Crippen LogP contribution in [0.5, 0.6) is 0 Å². The molecule has 0 spiro atoms. The molecule has 0 bridgehead atoms. The van der Waals surface area contributed by atoms with Crippen LogP contribution in [0.25, 0.3) is 16.5 Å². The van der Waals surface area contributed by atoms with Gasteiger partial charge in [0.2, 0.25) is 0 Å². The molecule has 4 N–H and O–H groups in total. The van der Waals surface area contributed by atoms with E-state index in [-0.39, 0.29) is 16.9 Å². The van der Waals surface area contributed by atoms with Gasteiger partial charge >= 0.3 is 0 Å². The van der Waals surface area contributed by atoms with Gasteiger partial charge in [-0.15, -0.1) is 0 Å². The Morgan fingerprint density at radius 2 is 1.90 bits per heavy atom. The summed E-state index contributed by atoms with van der Waals surface area (Å²) in [6, 6.07) is 15.9. The highest BCUT2D eigenvalue weighted by atomic mass is 16.1. The van der Waals surface area contributed by atoms with Crippen molar-refractivity contribution >= 4 is 34.5 Å². The van der Waals surface area contributed by atoms with Crippen molar-refractivity contribution < 1.29 is 4.79 Å². The number of pyridine rings is 1. The number of fused-ring (bicyclic) bond motifs is 1. The van der Waals surface area contributed by atoms with Gasteiger partial charge in [-0.2, -0.15) is 10.2 Å². The summed E-state index contributed by atoms with van der Waals surface area (Å²) in [5.41, 5.74) is 15.3. The number of nitrogens with zero attached hydrogens (tertiary/aromatic N) is 6. The van der Waals surface area contributed by atoms with Crippen molar-refractivity contribution in [3.05, 3.63) is 112 Å². The molecular weight excluding hydrogens is 528 g/mol. The van der Waals surface area contributed by atoms with Crippen molar-refractivity contribution in [2.75, 3.05) is 5.73 Å². The maximum Gasteiger partial charge on any atom is 0.264 e. The Balaban J connectivity index is 0.000000244. The third-order valence-electron chi connectivity index (χ3n) is 6.38. The van der Waals surface area contributed by atoms with E-state index in [1.807, 2.05) is 67.2 Å². The zero-order valence-corrected chi connectivity index (χ0v) is 24.0. The van der Waals surface area contributed by atoms with E-state index in [1.165, 1.54) is 17.0 Å². The molecule has 10 nitrogen and oxygen atoms in total. The molecule has 3 heterocycles. The van der Waals surface area contributed by atoms with Crippen molar-refractivity contribution in [2.45, 2.75) is 20.3 Å². The first kappa shape index (κ1) is 29.3. The van der Waals surface area contributed by atoms with Crippen molar-refractivity contribution in [3.63, 3.8) is 0 Å². The molecule has 0 aliphatic heterocycles. The number of amides is 1. The van der Waals surface area contributed by atoms with E-state index >= 15 is 0 Å². The SMILES string of the molecule is C=C/C=N\c1c(C(N)=O)c(N)nn1C.CCc1cc2cccc(C#Cc3cnn(C)c3)c2c(=O)n1-c1cccc(C)c1. The quantitative estimate of drug-likeness (QED) is 0.247. The average molecular weight is 561 g/mol. The van der Waals surface area contributed by atoms with E-state index in [1.54, 1.807) is 17.9 Å². The number of hydrogen-bond acceptors (Lipinski definition) is 6. The van der Waals surface area contributed by atoms with Gasteiger partial charge in [-0.3, -0.25) is 18.8 Å². The van der Waals surface area contributed by atoms with E-state index in [0.717, 1.165) is 39.9 Å². The Morgan fingerprint density at radius 1 is 1.14 bits per heavy atom. The van der Waals surface area contributed by atoms with Crippen LogP contribution in [0.2, 0.25) is 0 Å². The number of nitrogen functional groups attached to an aromatic ring is 1. The van der Waals surface area contributed by atoms with Crippen LogP contribution in [0.4, 0.5) is 11.6 Å². The molecule has 2 aromatic carbocycles. The molecular formula is C32H32N8O2. The highest BCUT2D eigenvalue weighted by Gasteiger charge is 2.17. The number of aliphatic imine (C=N–C) groups is 1. The topological polar surface area (TPSA) is 139 Å². The van der Waals surface area contributed by atoms with Crippen LogP contribution in [0.1, 0.15) is 39.7 Å². The Hall–Kier alpha value is -5.69. The number of carbonyl (C=O) groups is 1. The minimum Gasteiger partial charge on any atom is -0.381 e. The lowest BCUT2D eigenvalue weighted by Gasteiger charge is -2.14. The fourth-order valence-electron chi connectivity index (χ4n) is 4.50. The van der Waals surface area contributed by atoms with Crippen molar-refractivity contribution in [3.8, 4) is 17.5 Å². The maximum absolute atomic E-state index is 13.5. The van der Waals surface area contributed by atoms with Crippen LogP contribution in [0.15, 0.2) is 83.4 Å². The summed E-state index contributed by atoms with van der Waals surface area (Å²) in [5, 5.41) is 9.54. The zero-order valence-electron chi connectivity index (χ0n) is 24.0. The number of nitrogens with two attached hydrogens (primary N) is 2. The molecule has 0 unspecified atom stereocenters. The summed E-state index contributed by atoms with van der Waals surface area (Å²) >= 11 is 0. The van der Waals surface area contributed by atoms with Gasteiger partial charge < -0.3 is 11.5 Å². The van der Waals surface area contributed by atoms with Crippen molar-refractivity contribution in [1.29, 1.82) is 0 Å². The number of aryl methyl sites for hydroxylation is 4. The second-order valence-corrected chi connectivity index (χ2v) is 9.48. The standard InChI is InChI=1S/C24H21N3O.C8H11N5O/c1-4-21-14-20-9-6-8-19(12-11-18-15-25-26(3)16-18)23(20)24(28)27(21)22-10-5-7-17(2)13-22;1-3-4-11-8-5(7(10)14)6(9)12-13(8)2/h5-10,13-16H,4H2,1-3H3;3-4H,1H2,2H3,(H2,9,12)(H2,10,14)/b;11-4-. The molecule has 0 saturated carbocycles. The van der Waals surface area contributed by atoms with E-state index in [2.05, 4.69) is 46.6 Å². The fourth-order valence-corrected chi connectivity index (χ4v) is 4.50. The summed E-state index contributed by atoms with van der Waals surface area (Å²) in [6.45, 7) is 7.56. The molecule has 5 rings (SSSR count). The van der Waals surface area contributed by atoms with Gasteiger partial charge in [0.05, 0.1) is 17.1 Å². The smallest absolute Gasteiger partial charge is 0.264 e. The number of primary amides is 1. The zero-order chi connectivity index (χ0) is 30.4. The first-order chi connectivity index (χ1) is 20.1. The Labute approximate surface area is 243 Å². The summed E-state index contributed by atoms with van der Waals surface area (Å²) in [4.78, 5) is 28.5. The predicted molar refractivity (Wildman–Crippen MR) is 167 cm³/mol. The molecule has 0 aliphatic rings. The number of hydrogen-bond donors (Lipinski definition) is 2. The largest absolute Gasteiger partial charge is 0.381 e. The molecule has 0 fully saturated rings. The van der Waals surface area contributed by atoms with Gasteiger partial charge in [0, 0.05) is 43.5 Å².